The van der Waals surface area contributed by atoms with Crippen LogP contribution < -0.4 is 4.90 Å². The highest BCUT2D eigenvalue weighted by Gasteiger charge is 2.22. The molecule has 3 heterocycles. The molecule has 4 aromatic rings. The number of benzene rings is 2. The summed E-state index contributed by atoms with van der Waals surface area (Å²) < 4.78 is 34.8. The van der Waals surface area contributed by atoms with E-state index in [4.69, 9.17) is 4.74 Å². The monoisotopic (exact) mass is 434 g/mol. The number of hydrogen-bond acceptors (Lipinski definition) is 6. The Labute approximate surface area is 183 Å². The number of halogens is 2. The standard InChI is InChI=1S/C24H20F2N4O2/c25-19-13-20(26)18(24(31)21-3-1-2-6-27-21)12-17(19)23-16-5-4-15(11-22(16)28-14-29-23)30-7-9-32-10-8-30/h1-6,11-14,24,31H,7-10H2/t24-/m0/s1. The minimum Gasteiger partial charge on any atom is -0.382 e. The molecule has 8 heteroatoms. The molecule has 32 heavy (non-hydrogen) atoms. The highest BCUT2D eigenvalue weighted by atomic mass is 19.1. The average molecular weight is 434 g/mol. The van der Waals surface area contributed by atoms with E-state index in [0.717, 1.165) is 24.8 Å². The third-order valence-electron chi connectivity index (χ3n) is 5.60. The second-order valence-corrected chi connectivity index (χ2v) is 7.53. The molecular weight excluding hydrogens is 414 g/mol. The summed E-state index contributed by atoms with van der Waals surface area (Å²) >= 11 is 0. The van der Waals surface area contributed by atoms with Crippen molar-refractivity contribution in [2.45, 2.75) is 6.10 Å². The zero-order chi connectivity index (χ0) is 22.1. The number of rotatable bonds is 4. The Bertz CT molecular complexity index is 1260. The van der Waals surface area contributed by atoms with E-state index in [1.54, 1.807) is 18.2 Å². The van der Waals surface area contributed by atoms with Gasteiger partial charge in [-0.1, -0.05) is 6.07 Å². The summed E-state index contributed by atoms with van der Waals surface area (Å²) in [4.78, 5) is 14.9. The van der Waals surface area contributed by atoms with Gasteiger partial charge in [-0.15, -0.1) is 0 Å². The van der Waals surface area contributed by atoms with Crippen molar-refractivity contribution in [1.29, 1.82) is 0 Å². The first-order valence-corrected chi connectivity index (χ1v) is 10.3. The van der Waals surface area contributed by atoms with E-state index >= 15 is 0 Å². The Morgan fingerprint density at radius 1 is 0.938 bits per heavy atom. The van der Waals surface area contributed by atoms with Gasteiger partial charge in [-0.25, -0.2) is 18.7 Å². The summed E-state index contributed by atoms with van der Waals surface area (Å²) in [6.45, 7) is 2.89. The summed E-state index contributed by atoms with van der Waals surface area (Å²) in [5, 5.41) is 11.3. The molecule has 0 radical (unpaired) electrons. The molecule has 1 aliphatic heterocycles. The fourth-order valence-electron chi connectivity index (χ4n) is 3.93. The topological polar surface area (TPSA) is 71.4 Å². The van der Waals surface area contributed by atoms with E-state index in [0.29, 0.717) is 29.8 Å². The molecule has 1 saturated heterocycles. The van der Waals surface area contributed by atoms with Gasteiger partial charge < -0.3 is 14.7 Å². The second-order valence-electron chi connectivity index (χ2n) is 7.53. The maximum atomic E-state index is 14.9. The smallest absolute Gasteiger partial charge is 0.135 e. The molecule has 0 amide bonds. The first-order valence-electron chi connectivity index (χ1n) is 10.3. The van der Waals surface area contributed by atoms with Crippen LogP contribution in [0.3, 0.4) is 0 Å². The van der Waals surface area contributed by atoms with Crippen molar-refractivity contribution in [3.63, 3.8) is 0 Å². The van der Waals surface area contributed by atoms with Crippen LogP contribution in [0.1, 0.15) is 17.4 Å². The number of anilines is 1. The number of fused-ring (bicyclic) bond motifs is 1. The summed E-state index contributed by atoms with van der Waals surface area (Å²) in [5.74, 6) is -1.62. The molecule has 0 spiro atoms. The lowest BCUT2D eigenvalue weighted by Gasteiger charge is -2.29. The number of nitrogens with zero attached hydrogens (tertiary/aromatic N) is 4. The van der Waals surface area contributed by atoms with Crippen molar-refractivity contribution in [2.24, 2.45) is 0 Å². The quantitative estimate of drug-likeness (QED) is 0.526. The average Bonchev–Trinajstić information content (AvgIpc) is 2.84. The predicted octanol–water partition coefficient (Wildman–Crippen LogP) is 3.89. The van der Waals surface area contributed by atoms with Gasteiger partial charge in [0.2, 0.25) is 0 Å². The lowest BCUT2D eigenvalue weighted by molar-refractivity contribution is 0.122. The zero-order valence-corrected chi connectivity index (χ0v) is 17.1. The molecule has 1 atom stereocenters. The molecule has 0 bridgehead atoms. The molecule has 1 fully saturated rings. The van der Waals surface area contributed by atoms with Gasteiger partial charge in [-0.3, -0.25) is 4.98 Å². The van der Waals surface area contributed by atoms with Gasteiger partial charge in [0.1, 0.15) is 24.1 Å². The summed E-state index contributed by atoms with van der Waals surface area (Å²) in [5.41, 5.74) is 2.26. The summed E-state index contributed by atoms with van der Waals surface area (Å²) in [6, 6.07) is 12.7. The van der Waals surface area contributed by atoms with E-state index in [-0.39, 0.29) is 16.8 Å². The van der Waals surface area contributed by atoms with Crippen LogP contribution in [0.5, 0.6) is 0 Å². The maximum Gasteiger partial charge on any atom is 0.135 e. The minimum absolute atomic E-state index is 0.0724. The molecule has 5 rings (SSSR count). The Morgan fingerprint density at radius 3 is 2.56 bits per heavy atom. The Hall–Kier alpha value is -3.49. The molecule has 2 aromatic carbocycles. The molecule has 0 aliphatic carbocycles. The van der Waals surface area contributed by atoms with Gasteiger partial charge in [0.25, 0.3) is 0 Å². The molecule has 0 saturated carbocycles. The molecule has 0 unspecified atom stereocenters. The van der Waals surface area contributed by atoms with Crippen LogP contribution in [0.15, 0.2) is 61.1 Å². The van der Waals surface area contributed by atoms with Crippen LogP contribution in [-0.2, 0) is 4.74 Å². The first kappa shape index (κ1) is 20.4. The predicted molar refractivity (Wildman–Crippen MR) is 116 cm³/mol. The van der Waals surface area contributed by atoms with Gasteiger partial charge in [0.05, 0.1) is 30.1 Å². The molecule has 1 aliphatic rings. The van der Waals surface area contributed by atoms with Crippen molar-refractivity contribution in [3.8, 4) is 11.3 Å². The highest BCUT2D eigenvalue weighted by molar-refractivity contribution is 5.94. The first-order chi connectivity index (χ1) is 15.6. The SMILES string of the molecule is O[C@H](c1ccccn1)c1cc(-c2ncnc3cc(N4CCOCC4)ccc23)c(F)cc1F. The van der Waals surface area contributed by atoms with E-state index in [1.807, 2.05) is 18.2 Å². The molecule has 2 aromatic heterocycles. The molecule has 162 valence electrons. The number of aliphatic hydroxyl groups is 1. The Morgan fingerprint density at radius 2 is 1.78 bits per heavy atom. The fraction of sp³-hybridized carbons (Fsp3) is 0.208. The lowest BCUT2D eigenvalue weighted by atomic mass is 9.98. The van der Waals surface area contributed by atoms with E-state index < -0.39 is 17.7 Å². The Balaban J connectivity index is 1.59. The zero-order valence-electron chi connectivity index (χ0n) is 17.1. The summed E-state index contributed by atoms with van der Waals surface area (Å²) in [6.07, 6.45) is 1.53. The van der Waals surface area contributed by atoms with Crippen LogP contribution in [0.2, 0.25) is 0 Å². The third kappa shape index (κ3) is 3.79. The number of pyridine rings is 1. The highest BCUT2D eigenvalue weighted by Crippen LogP contribution is 2.34. The fourth-order valence-corrected chi connectivity index (χ4v) is 3.93. The number of hydrogen-bond donors (Lipinski definition) is 1. The van der Waals surface area contributed by atoms with Crippen LogP contribution in [0.4, 0.5) is 14.5 Å². The van der Waals surface area contributed by atoms with E-state index in [9.17, 15) is 13.9 Å². The number of ether oxygens (including phenoxy) is 1. The van der Waals surface area contributed by atoms with Crippen molar-refractivity contribution in [3.05, 3.63) is 83.9 Å². The number of aromatic nitrogens is 3. The van der Waals surface area contributed by atoms with Crippen molar-refractivity contribution < 1.29 is 18.6 Å². The van der Waals surface area contributed by atoms with Gasteiger partial charge >= 0.3 is 0 Å². The van der Waals surface area contributed by atoms with Crippen LogP contribution in [0.25, 0.3) is 22.2 Å². The van der Waals surface area contributed by atoms with Crippen LogP contribution in [-0.4, -0.2) is 46.4 Å². The Kier molecular flexibility index (Phi) is 5.46. The maximum absolute atomic E-state index is 14.9. The lowest BCUT2D eigenvalue weighted by Crippen LogP contribution is -2.36. The van der Waals surface area contributed by atoms with E-state index in [1.165, 1.54) is 18.6 Å². The molecule has 1 N–H and O–H groups in total. The van der Waals surface area contributed by atoms with Gasteiger partial charge in [0, 0.05) is 47.6 Å². The van der Waals surface area contributed by atoms with E-state index in [2.05, 4.69) is 19.9 Å². The minimum atomic E-state index is -1.34. The molecule has 6 nitrogen and oxygen atoms in total. The molecular formula is C24H20F2N4O2. The van der Waals surface area contributed by atoms with Crippen LogP contribution in [0, 0.1) is 11.6 Å². The van der Waals surface area contributed by atoms with Crippen molar-refractivity contribution >= 4 is 16.6 Å². The van der Waals surface area contributed by atoms with Crippen molar-refractivity contribution in [2.75, 3.05) is 31.2 Å². The summed E-state index contributed by atoms with van der Waals surface area (Å²) in [7, 11) is 0. The number of aliphatic hydroxyl groups excluding tert-OH is 1. The van der Waals surface area contributed by atoms with Gasteiger partial charge in [-0.2, -0.15) is 0 Å². The third-order valence-corrected chi connectivity index (χ3v) is 5.60. The normalized spacial score (nSPS) is 15.2. The largest absolute Gasteiger partial charge is 0.382 e. The van der Waals surface area contributed by atoms with Gasteiger partial charge in [-0.05, 0) is 36.4 Å². The van der Waals surface area contributed by atoms with Gasteiger partial charge in [0.15, 0.2) is 0 Å². The second kappa shape index (κ2) is 8.57. The van der Waals surface area contributed by atoms with Crippen molar-refractivity contribution in [1.82, 2.24) is 15.0 Å². The van der Waals surface area contributed by atoms with Crippen LogP contribution >= 0.6 is 0 Å². The number of morpholine rings is 1.